The summed E-state index contributed by atoms with van der Waals surface area (Å²) in [5, 5.41) is 10.7. The van der Waals surface area contributed by atoms with Gasteiger partial charge in [0.15, 0.2) is 0 Å². The average Bonchev–Trinajstić information content (AvgIpc) is 2.35. The lowest BCUT2D eigenvalue weighted by Crippen LogP contribution is -2.51. The lowest BCUT2D eigenvalue weighted by atomic mass is 9.92. The van der Waals surface area contributed by atoms with Crippen molar-refractivity contribution in [3.05, 3.63) is 0 Å². The molecular weight excluding hydrogens is 293 g/mol. The highest BCUT2D eigenvalue weighted by Gasteiger charge is 2.35. The minimum Gasteiger partial charge on any atom is -0.480 e. The Labute approximate surface area is 119 Å². The summed E-state index contributed by atoms with van der Waals surface area (Å²) in [6.07, 6.45) is -4.47. The number of carbonyl (C=O) groups is 3. The van der Waals surface area contributed by atoms with Crippen molar-refractivity contribution in [1.29, 1.82) is 0 Å². The Morgan fingerprint density at radius 1 is 1.33 bits per heavy atom. The van der Waals surface area contributed by atoms with Crippen LogP contribution in [0.5, 0.6) is 0 Å². The van der Waals surface area contributed by atoms with Gasteiger partial charge < -0.3 is 15.3 Å². The van der Waals surface area contributed by atoms with Crippen molar-refractivity contribution in [3.63, 3.8) is 0 Å². The van der Waals surface area contributed by atoms with E-state index >= 15 is 0 Å². The molecule has 0 radical (unpaired) electrons. The van der Waals surface area contributed by atoms with E-state index in [4.69, 9.17) is 5.11 Å². The Morgan fingerprint density at radius 3 is 2.48 bits per heavy atom. The van der Waals surface area contributed by atoms with E-state index in [9.17, 15) is 27.6 Å². The molecule has 1 aliphatic heterocycles. The molecule has 1 aliphatic rings. The summed E-state index contributed by atoms with van der Waals surface area (Å²) < 4.78 is 35.8. The maximum absolute atomic E-state index is 11.9. The summed E-state index contributed by atoms with van der Waals surface area (Å²) in [5.74, 6) is -2.88. The number of rotatable bonds is 4. The Kier molecular flexibility index (Phi) is 5.56. The van der Waals surface area contributed by atoms with Crippen molar-refractivity contribution in [2.45, 2.75) is 38.4 Å². The van der Waals surface area contributed by atoms with E-state index in [0.29, 0.717) is 6.42 Å². The highest BCUT2D eigenvalue weighted by atomic mass is 19.4. The molecule has 2 unspecified atom stereocenters. The Bertz CT molecular complexity index is 425. The minimum absolute atomic E-state index is 0.134. The number of carboxylic acids is 1. The Balaban J connectivity index is 2.57. The van der Waals surface area contributed by atoms with Crippen LogP contribution in [0.25, 0.3) is 0 Å². The number of alkyl halides is 3. The average molecular weight is 310 g/mol. The van der Waals surface area contributed by atoms with Crippen molar-refractivity contribution in [2.75, 3.05) is 13.1 Å². The van der Waals surface area contributed by atoms with E-state index in [1.165, 1.54) is 0 Å². The zero-order valence-corrected chi connectivity index (χ0v) is 11.4. The number of hydrogen-bond donors (Lipinski definition) is 2. The highest BCUT2D eigenvalue weighted by Crippen LogP contribution is 2.23. The number of likely N-dealkylation sites (tertiary alicyclic amines) is 1. The van der Waals surface area contributed by atoms with Crippen LogP contribution in [0.4, 0.5) is 13.2 Å². The number of nitrogens with zero attached hydrogens (tertiary/aromatic N) is 1. The predicted molar refractivity (Wildman–Crippen MR) is 65.2 cm³/mol. The first-order valence-corrected chi connectivity index (χ1v) is 6.46. The fourth-order valence-corrected chi connectivity index (χ4v) is 2.17. The molecule has 9 heteroatoms. The molecule has 120 valence electrons. The molecule has 1 saturated heterocycles. The van der Waals surface area contributed by atoms with Crippen LogP contribution in [-0.4, -0.2) is 53.1 Å². The summed E-state index contributed by atoms with van der Waals surface area (Å²) in [7, 11) is 0. The topological polar surface area (TPSA) is 86.7 Å². The van der Waals surface area contributed by atoms with Gasteiger partial charge >= 0.3 is 12.1 Å². The summed E-state index contributed by atoms with van der Waals surface area (Å²) in [5.41, 5.74) is 0. The van der Waals surface area contributed by atoms with E-state index in [1.54, 1.807) is 5.32 Å². The largest absolute Gasteiger partial charge is 0.480 e. The van der Waals surface area contributed by atoms with Gasteiger partial charge in [-0.2, -0.15) is 13.2 Å². The lowest BCUT2D eigenvalue weighted by Gasteiger charge is -2.35. The zero-order valence-electron chi connectivity index (χ0n) is 11.4. The molecule has 0 bridgehead atoms. The predicted octanol–water partition coefficient (Wildman–Crippen LogP) is 0.767. The third kappa shape index (κ3) is 5.60. The van der Waals surface area contributed by atoms with Crippen LogP contribution in [-0.2, 0) is 14.4 Å². The van der Waals surface area contributed by atoms with Crippen molar-refractivity contribution in [3.8, 4) is 0 Å². The summed E-state index contributed by atoms with van der Waals surface area (Å²) in [6.45, 7) is 0.524. The fourth-order valence-electron chi connectivity index (χ4n) is 2.17. The van der Waals surface area contributed by atoms with E-state index in [0.717, 1.165) is 4.90 Å². The molecule has 21 heavy (non-hydrogen) atoms. The van der Waals surface area contributed by atoms with Crippen molar-refractivity contribution < 1.29 is 32.7 Å². The second kappa shape index (κ2) is 6.77. The van der Waals surface area contributed by atoms with Gasteiger partial charge in [-0.25, -0.2) is 4.79 Å². The Hall–Kier alpha value is -1.80. The SMILES string of the molecule is CC1CCN(C(=O)CC(=O)NCC(F)(F)F)C(C(=O)O)C1. The number of nitrogens with one attached hydrogen (secondary N) is 1. The first-order valence-electron chi connectivity index (χ1n) is 6.46. The van der Waals surface area contributed by atoms with E-state index in [-0.39, 0.29) is 18.9 Å². The normalized spacial score (nSPS) is 22.8. The van der Waals surface area contributed by atoms with Gasteiger partial charge in [0.1, 0.15) is 19.0 Å². The molecule has 1 fully saturated rings. The van der Waals surface area contributed by atoms with Gasteiger partial charge in [0.05, 0.1) is 0 Å². The number of piperidine rings is 1. The van der Waals surface area contributed by atoms with Crippen LogP contribution in [0.3, 0.4) is 0 Å². The van der Waals surface area contributed by atoms with Gasteiger partial charge in [-0.05, 0) is 18.8 Å². The summed E-state index contributed by atoms with van der Waals surface area (Å²) in [6, 6.07) is -1.03. The monoisotopic (exact) mass is 310 g/mol. The molecule has 0 aliphatic carbocycles. The molecular formula is C12H17F3N2O4. The Morgan fingerprint density at radius 2 is 1.95 bits per heavy atom. The van der Waals surface area contributed by atoms with Gasteiger partial charge in [0.2, 0.25) is 11.8 Å². The maximum atomic E-state index is 11.9. The molecule has 0 saturated carbocycles. The number of carbonyl (C=O) groups excluding carboxylic acids is 2. The van der Waals surface area contributed by atoms with E-state index in [1.807, 2.05) is 6.92 Å². The second-order valence-corrected chi connectivity index (χ2v) is 5.14. The maximum Gasteiger partial charge on any atom is 0.405 e. The molecule has 0 aromatic carbocycles. The number of aliphatic carboxylic acids is 1. The standard InChI is InChI=1S/C12H17F3N2O4/c1-7-2-3-17(8(4-7)11(20)21)10(19)5-9(18)16-6-12(13,14)15/h7-8H,2-6H2,1H3,(H,16,18)(H,20,21). The summed E-state index contributed by atoms with van der Waals surface area (Å²) in [4.78, 5) is 35.3. The fraction of sp³-hybridized carbons (Fsp3) is 0.750. The van der Waals surface area contributed by atoms with Crippen molar-refractivity contribution >= 4 is 17.8 Å². The van der Waals surface area contributed by atoms with Crippen LogP contribution in [0, 0.1) is 5.92 Å². The molecule has 1 heterocycles. The molecule has 1 rings (SSSR count). The van der Waals surface area contributed by atoms with Gasteiger partial charge in [0, 0.05) is 6.54 Å². The third-order valence-electron chi connectivity index (χ3n) is 3.27. The molecule has 2 atom stereocenters. The number of hydrogen-bond acceptors (Lipinski definition) is 3. The zero-order chi connectivity index (χ0) is 16.2. The molecule has 6 nitrogen and oxygen atoms in total. The first-order chi connectivity index (χ1) is 9.60. The van der Waals surface area contributed by atoms with Crippen LogP contribution in [0.15, 0.2) is 0 Å². The van der Waals surface area contributed by atoms with Crippen LogP contribution in [0.2, 0.25) is 0 Å². The number of carboxylic acid groups (broad SMARTS) is 1. The molecule has 0 aromatic heterocycles. The van der Waals surface area contributed by atoms with E-state index in [2.05, 4.69) is 0 Å². The van der Waals surface area contributed by atoms with Crippen LogP contribution >= 0.6 is 0 Å². The quantitative estimate of drug-likeness (QED) is 0.751. The minimum atomic E-state index is -4.55. The number of amides is 2. The molecule has 0 spiro atoms. The van der Waals surface area contributed by atoms with Gasteiger partial charge in [-0.1, -0.05) is 6.92 Å². The van der Waals surface area contributed by atoms with E-state index < -0.39 is 43.0 Å². The molecule has 2 amide bonds. The first kappa shape index (κ1) is 17.3. The highest BCUT2D eigenvalue weighted by molar-refractivity contribution is 5.98. The molecule has 2 N–H and O–H groups in total. The van der Waals surface area contributed by atoms with Gasteiger partial charge in [-0.3, -0.25) is 9.59 Å². The van der Waals surface area contributed by atoms with Crippen molar-refractivity contribution in [2.24, 2.45) is 5.92 Å². The van der Waals surface area contributed by atoms with Gasteiger partial charge in [0.25, 0.3) is 0 Å². The van der Waals surface area contributed by atoms with Crippen LogP contribution in [0.1, 0.15) is 26.2 Å². The van der Waals surface area contributed by atoms with Crippen LogP contribution < -0.4 is 5.32 Å². The van der Waals surface area contributed by atoms with Gasteiger partial charge in [-0.15, -0.1) is 0 Å². The second-order valence-electron chi connectivity index (χ2n) is 5.14. The third-order valence-corrected chi connectivity index (χ3v) is 3.27. The smallest absolute Gasteiger partial charge is 0.405 e. The molecule has 0 aromatic rings. The van der Waals surface area contributed by atoms with Crippen molar-refractivity contribution in [1.82, 2.24) is 10.2 Å². The number of halogens is 3. The summed E-state index contributed by atoms with van der Waals surface area (Å²) >= 11 is 0. The lowest BCUT2D eigenvalue weighted by molar-refractivity contribution is -0.154.